The Morgan fingerprint density at radius 3 is 2.17 bits per heavy atom. The second kappa shape index (κ2) is 6.05. The lowest BCUT2D eigenvalue weighted by Gasteiger charge is -2.25. The van der Waals surface area contributed by atoms with Crippen molar-refractivity contribution in [3.05, 3.63) is 52.3 Å². The largest absolute Gasteiger partial charge is 0.353 e. The molecule has 1 saturated carbocycles. The van der Waals surface area contributed by atoms with E-state index in [-0.39, 0.29) is 6.04 Å². The van der Waals surface area contributed by atoms with Gasteiger partial charge in [0.1, 0.15) is 0 Å². The zero-order chi connectivity index (χ0) is 17.6. The van der Waals surface area contributed by atoms with E-state index in [0.717, 1.165) is 40.8 Å². The van der Waals surface area contributed by atoms with E-state index >= 15 is 0 Å². The number of aryl methyl sites for hydroxylation is 3. The van der Waals surface area contributed by atoms with Crippen LogP contribution in [0.15, 0.2) is 29.3 Å². The number of benzene rings is 1. The molecule has 0 aliphatic heterocycles. The van der Waals surface area contributed by atoms with Gasteiger partial charge in [0.15, 0.2) is 0 Å². The Bertz CT molecular complexity index is 851. The van der Waals surface area contributed by atoms with Crippen molar-refractivity contribution in [3.63, 3.8) is 0 Å². The van der Waals surface area contributed by atoms with Crippen molar-refractivity contribution in [2.75, 3.05) is 0 Å². The van der Waals surface area contributed by atoms with E-state index in [0.29, 0.717) is 11.4 Å². The Balaban J connectivity index is 2.10. The molecule has 5 heteroatoms. The summed E-state index contributed by atoms with van der Waals surface area (Å²) in [6.45, 7) is 8.24. The normalized spacial score (nSPS) is 15.2. The molecule has 0 unspecified atom stereocenters. The lowest BCUT2D eigenvalue weighted by molar-refractivity contribution is 0.389. The molecule has 1 aliphatic rings. The van der Waals surface area contributed by atoms with Crippen LogP contribution in [0, 0.1) is 27.7 Å². The van der Waals surface area contributed by atoms with Crippen LogP contribution in [-0.4, -0.2) is 23.3 Å². The van der Waals surface area contributed by atoms with Crippen LogP contribution in [-0.2, 0) is 23.6 Å². The van der Waals surface area contributed by atoms with Crippen LogP contribution in [0.4, 0.5) is 0 Å². The topological polar surface area (TPSA) is 42.3 Å². The highest BCUT2D eigenvalue weighted by atomic mass is 32.2. The van der Waals surface area contributed by atoms with Crippen molar-refractivity contribution < 1.29 is 8.42 Å². The maximum Gasteiger partial charge on any atom is 0.244 e. The fourth-order valence-electron chi connectivity index (χ4n) is 3.28. The van der Waals surface area contributed by atoms with Crippen molar-refractivity contribution in [1.82, 2.24) is 8.87 Å². The first-order valence-corrected chi connectivity index (χ1v) is 9.87. The molecular weight excluding hydrogens is 320 g/mol. The Morgan fingerprint density at radius 2 is 1.71 bits per heavy atom. The van der Waals surface area contributed by atoms with Crippen molar-refractivity contribution in [2.24, 2.45) is 7.05 Å². The number of hydrogen-bond acceptors (Lipinski definition) is 2. The van der Waals surface area contributed by atoms with Gasteiger partial charge in [-0.25, -0.2) is 8.42 Å². The molecule has 4 nitrogen and oxygen atoms in total. The minimum absolute atomic E-state index is 0.129. The summed E-state index contributed by atoms with van der Waals surface area (Å²) >= 11 is 0. The van der Waals surface area contributed by atoms with Crippen LogP contribution < -0.4 is 0 Å². The van der Waals surface area contributed by atoms with Crippen LogP contribution in [0.25, 0.3) is 0 Å². The molecule has 2 aromatic rings. The number of aromatic nitrogens is 1. The quantitative estimate of drug-likeness (QED) is 0.830. The van der Waals surface area contributed by atoms with E-state index in [1.54, 1.807) is 4.31 Å². The summed E-state index contributed by atoms with van der Waals surface area (Å²) in [5.74, 6) is 0. The highest BCUT2D eigenvalue weighted by molar-refractivity contribution is 7.89. The molecule has 1 aromatic carbocycles. The second-order valence-electron chi connectivity index (χ2n) is 6.98. The van der Waals surface area contributed by atoms with E-state index in [4.69, 9.17) is 0 Å². The van der Waals surface area contributed by atoms with Crippen LogP contribution in [0.2, 0.25) is 0 Å². The van der Waals surface area contributed by atoms with Crippen molar-refractivity contribution in [2.45, 2.75) is 58.0 Å². The summed E-state index contributed by atoms with van der Waals surface area (Å²) < 4.78 is 30.7. The summed E-state index contributed by atoms with van der Waals surface area (Å²) in [4.78, 5) is 0.501. The van der Waals surface area contributed by atoms with Gasteiger partial charge in [0, 0.05) is 25.0 Å². The first-order valence-electron chi connectivity index (χ1n) is 8.43. The first-order chi connectivity index (χ1) is 11.2. The molecule has 1 aromatic heterocycles. The zero-order valence-electron chi connectivity index (χ0n) is 15.1. The maximum atomic E-state index is 13.5. The molecule has 1 aliphatic carbocycles. The molecule has 0 radical (unpaired) electrons. The van der Waals surface area contributed by atoms with Crippen molar-refractivity contribution in [3.8, 4) is 0 Å². The molecule has 3 rings (SSSR count). The molecular formula is C19H26N2O2S. The van der Waals surface area contributed by atoms with Gasteiger partial charge in [-0.2, -0.15) is 4.31 Å². The summed E-state index contributed by atoms with van der Waals surface area (Å²) in [6.07, 6.45) is 3.86. The number of hydrogen-bond donors (Lipinski definition) is 0. The molecule has 0 spiro atoms. The third-order valence-electron chi connectivity index (χ3n) is 5.19. The molecule has 1 heterocycles. The highest BCUT2D eigenvalue weighted by Gasteiger charge is 2.40. The standard InChI is InChI=1S/C19H26N2O2S/c1-13-11-14(2)16(4)19(15(13)3)24(22,23)21(17-8-9-17)12-18-7-6-10-20(18)5/h6-7,10-11,17H,8-9,12H2,1-5H3. The zero-order valence-corrected chi connectivity index (χ0v) is 15.9. The Labute approximate surface area is 145 Å². The fraction of sp³-hybridized carbons (Fsp3) is 0.474. The number of rotatable bonds is 5. The molecule has 0 saturated heterocycles. The average Bonchev–Trinajstić information content (AvgIpc) is 3.25. The van der Waals surface area contributed by atoms with Gasteiger partial charge >= 0.3 is 0 Å². The van der Waals surface area contributed by atoms with E-state index in [9.17, 15) is 8.42 Å². The maximum absolute atomic E-state index is 13.5. The lowest BCUT2D eigenvalue weighted by Crippen LogP contribution is -2.34. The molecule has 24 heavy (non-hydrogen) atoms. The summed E-state index contributed by atoms with van der Waals surface area (Å²) in [5.41, 5.74) is 4.83. The van der Waals surface area contributed by atoms with Crippen LogP contribution in [0.5, 0.6) is 0 Å². The summed E-state index contributed by atoms with van der Waals surface area (Å²) in [6, 6.07) is 6.15. The van der Waals surface area contributed by atoms with E-state index < -0.39 is 10.0 Å². The number of nitrogens with zero attached hydrogens (tertiary/aromatic N) is 2. The van der Waals surface area contributed by atoms with Crippen LogP contribution in [0.3, 0.4) is 0 Å². The smallest absolute Gasteiger partial charge is 0.244 e. The Hall–Kier alpha value is -1.59. The predicted molar refractivity (Wildman–Crippen MR) is 96.6 cm³/mol. The predicted octanol–water partition coefficient (Wildman–Crippen LogP) is 3.61. The first kappa shape index (κ1) is 17.2. The molecule has 130 valence electrons. The van der Waals surface area contributed by atoms with Gasteiger partial charge in [-0.15, -0.1) is 0 Å². The molecule has 1 fully saturated rings. The summed E-state index contributed by atoms with van der Waals surface area (Å²) in [7, 11) is -1.56. The molecule has 0 atom stereocenters. The third kappa shape index (κ3) is 2.91. The monoisotopic (exact) mass is 346 g/mol. The van der Waals surface area contributed by atoms with Crippen LogP contribution >= 0.6 is 0 Å². The van der Waals surface area contributed by atoms with Crippen LogP contribution in [0.1, 0.15) is 40.8 Å². The molecule has 0 amide bonds. The summed E-state index contributed by atoms with van der Waals surface area (Å²) in [5, 5.41) is 0. The van der Waals surface area contributed by atoms with E-state index in [1.165, 1.54) is 0 Å². The minimum atomic E-state index is -3.52. The van der Waals surface area contributed by atoms with Gasteiger partial charge in [0.25, 0.3) is 0 Å². The average molecular weight is 346 g/mol. The number of sulfonamides is 1. The lowest BCUT2D eigenvalue weighted by atomic mass is 10.0. The highest BCUT2D eigenvalue weighted by Crippen LogP contribution is 2.36. The van der Waals surface area contributed by atoms with Gasteiger partial charge in [-0.3, -0.25) is 0 Å². The van der Waals surface area contributed by atoms with Gasteiger partial charge < -0.3 is 4.57 Å². The van der Waals surface area contributed by atoms with Crippen molar-refractivity contribution >= 4 is 10.0 Å². The third-order valence-corrected chi connectivity index (χ3v) is 7.36. The fourth-order valence-corrected chi connectivity index (χ4v) is 5.51. The Kier molecular flexibility index (Phi) is 4.34. The van der Waals surface area contributed by atoms with Crippen molar-refractivity contribution in [1.29, 1.82) is 0 Å². The SMILES string of the molecule is Cc1cc(C)c(C)c(S(=O)(=O)N(Cc2cccn2C)C2CC2)c1C. The molecule has 0 bridgehead atoms. The van der Waals surface area contributed by atoms with Gasteiger partial charge in [-0.1, -0.05) is 6.07 Å². The van der Waals surface area contributed by atoms with Gasteiger partial charge in [0.2, 0.25) is 10.0 Å². The second-order valence-corrected chi connectivity index (χ2v) is 8.81. The van der Waals surface area contributed by atoms with E-state index in [2.05, 4.69) is 6.07 Å². The molecule has 0 N–H and O–H groups in total. The van der Waals surface area contributed by atoms with Gasteiger partial charge in [0.05, 0.1) is 11.4 Å². The van der Waals surface area contributed by atoms with E-state index in [1.807, 2.05) is 57.6 Å². The minimum Gasteiger partial charge on any atom is -0.353 e. The van der Waals surface area contributed by atoms with Gasteiger partial charge in [-0.05, 0) is 74.9 Å². The Morgan fingerprint density at radius 1 is 1.12 bits per heavy atom.